The highest BCUT2D eigenvalue weighted by molar-refractivity contribution is 5.92. The van der Waals surface area contributed by atoms with Crippen LogP contribution in [0.15, 0.2) is 36.4 Å². The van der Waals surface area contributed by atoms with E-state index in [4.69, 9.17) is 0 Å². The van der Waals surface area contributed by atoms with Crippen molar-refractivity contribution in [3.05, 3.63) is 53.5 Å². The molecule has 0 saturated heterocycles. The van der Waals surface area contributed by atoms with Gasteiger partial charge in [0.1, 0.15) is 11.6 Å². The van der Waals surface area contributed by atoms with E-state index in [2.05, 4.69) is 20.8 Å². The van der Waals surface area contributed by atoms with Crippen molar-refractivity contribution in [1.82, 2.24) is 15.5 Å². The predicted octanol–water partition coefficient (Wildman–Crippen LogP) is 2.37. The third kappa shape index (κ3) is 4.24. The minimum Gasteiger partial charge on any atom is -0.364 e. The van der Waals surface area contributed by atoms with Gasteiger partial charge in [-0.3, -0.25) is 4.79 Å². The molecule has 0 aliphatic rings. The van der Waals surface area contributed by atoms with E-state index in [1.54, 1.807) is 30.3 Å². The average Bonchev–Trinajstić information content (AvgIpc) is 2.46. The summed E-state index contributed by atoms with van der Waals surface area (Å²) in [6.45, 7) is 4.05. The molecule has 6 heteroatoms. The summed E-state index contributed by atoms with van der Waals surface area (Å²) in [5.74, 6) is -0.0524. The molecule has 1 aromatic heterocycles. The van der Waals surface area contributed by atoms with Gasteiger partial charge in [0.2, 0.25) is 0 Å². The molecule has 2 N–H and O–H groups in total. The highest BCUT2D eigenvalue weighted by atomic mass is 19.1. The summed E-state index contributed by atoms with van der Waals surface area (Å²) >= 11 is 0. The second kappa shape index (κ2) is 6.78. The Labute approximate surface area is 122 Å². The van der Waals surface area contributed by atoms with Gasteiger partial charge in [-0.2, -0.15) is 0 Å². The van der Waals surface area contributed by atoms with Crippen LogP contribution in [0.5, 0.6) is 0 Å². The highest BCUT2D eigenvalue weighted by Gasteiger charge is 2.09. The smallest absolute Gasteiger partial charge is 0.271 e. The molecule has 0 atom stereocenters. The van der Waals surface area contributed by atoms with E-state index in [9.17, 15) is 9.18 Å². The van der Waals surface area contributed by atoms with Gasteiger partial charge in [-0.15, -0.1) is 10.2 Å². The van der Waals surface area contributed by atoms with Gasteiger partial charge in [-0.25, -0.2) is 4.39 Å². The average molecular weight is 288 g/mol. The molecule has 1 aromatic carbocycles. The Kier molecular flexibility index (Phi) is 4.81. The number of aromatic nitrogens is 2. The van der Waals surface area contributed by atoms with Crippen molar-refractivity contribution in [2.24, 2.45) is 0 Å². The molecule has 0 unspecified atom stereocenters. The van der Waals surface area contributed by atoms with Gasteiger partial charge in [-0.1, -0.05) is 18.2 Å². The fourth-order valence-corrected chi connectivity index (χ4v) is 1.71. The number of hydrogen-bond acceptors (Lipinski definition) is 4. The number of carbonyl (C=O) groups excluding carboxylic acids is 1. The summed E-state index contributed by atoms with van der Waals surface area (Å²) in [5, 5.41) is 13.5. The van der Waals surface area contributed by atoms with Crippen LogP contribution in [-0.4, -0.2) is 22.1 Å². The van der Waals surface area contributed by atoms with Crippen molar-refractivity contribution in [3.63, 3.8) is 0 Å². The van der Waals surface area contributed by atoms with Crippen LogP contribution in [0.3, 0.4) is 0 Å². The van der Waals surface area contributed by atoms with Crippen LogP contribution in [-0.2, 0) is 6.54 Å². The maximum Gasteiger partial charge on any atom is 0.271 e. The van der Waals surface area contributed by atoms with Gasteiger partial charge < -0.3 is 10.6 Å². The first-order chi connectivity index (χ1) is 10.1. The van der Waals surface area contributed by atoms with Crippen LogP contribution in [0.1, 0.15) is 29.9 Å². The molecule has 21 heavy (non-hydrogen) atoms. The lowest BCUT2D eigenvalue weighted by Crippen LogP contribution is -2.30. The Bertz CT molecular complexity index is 613. The van der Waals surface area contributed by atoms with E-state index >= 15 is 0 Å². The van der Waals surface area contributed by atoms with Gasteiger partial charge in [0.25, 0.3) is 5.91 Å². The quantitative estimate of drug-likeness (QED) is 0.886. The lowest BCUT2D eigenvalue weighted by atomic mass is 10.2. The van der Waals surface area contributed by atoms with Crippen LogP contribution in [0.25, 0.3) is 0 Å². The number of carbonyl (C=O) groups is 1. The third-order valence-electron chi connectivity index (χ3n) is 2.73. The minimum absolute atomic E-state index is 0.0400. The zero-order valence-corrected chi connectivity index (χ0v) is 11.9. The molecule has 110 valence electrons. The van der Waals surface area contributed by atoms with E-state index < -0.39 is 0 Å². The standard InChI is InChI=1S/C15H17FN4O/c1-10(2)18-15(21)13-7-8-14(20-19-13)17-9-11-5-3-4-6-12(11)16/h3-8,10H,9H2,1-2H3,(H,17,20)(H,18,21). The fraction of sp³-hybridized carbons (Fsp3) is 0.267. The Balaban J connectivity index is 1.97. The van der Waals surface area contributed by atoms with Crippen LogP contribution >= 0.6 is 0 Å². The lowest BCUT2D eigenvalue weighted by molar-refractivity contribution is 0.0937. The molecule has 1 heterocycles. The number of benzene rings is 1. The molecule has 5 nitrogen and oxygen atoms in total. The maximum absolute atomic E-state index is 13.5. The Morgan fingerprint density at radius 1 is 1.19 bits per heavy atom. The Hall–Kier alpha value is -2.50. The monoisotopic (exact) mass is 288 g/mol. The molecule has 2 aromatic rings. The molecule has 0 saturated carbocycles. The Morgan fingerprint density at radius 2 is 1.95 bits per heavy atom. The third-order valence-corrected chi connectivity index (χ3v) is 2.73. The van der Waals surface area contributed by atoms with Crippen LogP contribution in [0, 0.1) is 5.82 Å². The topological polar surface area (TPSA) is 66.9 Å². The second-order valence-electron chi connectivity index (χ2n) is 4.88. The number of halogens is 1. The first-order valence-electron chi connectivity index (χ1n) is 6.68. The first kappa shape index (κ1) is 14.9. The maximum atomic E-state index is 13.5. The summed E-state index contributed by atoms with van der Waals surface area (Å²) in [4.78, 5) is 11.7. The van der Waals surface area contributed by atoms with E-state index in [0.29, 0.717) is 17.9 Å². The first-order valence-corrected chi connectivity index (χ1v) is 6.68. The lowest BCUT2D eigenvalue weighted by Gasteiger charge is -2.08. The van der Waals surface area contributed by atoms with Crippen molar-refractivity contribution < 1.29 is 9.18 Å². The van der Waals surface area contributed by atoms with Gasteiger partial charge in [0, 0.05) is 18.2 Å². The molecule has 2 rings (SSSR count). The molecule has 0 aliphatic carbocycles. The zero-order valence-electron chi connectivity index (χ0n) is 11.9. The molecular weight excluding hydrogens is 271 g/mol. The second-order valence-corrected chi connectivity index (χ2v) is 4.88. The van der Waals surface area contributed by atoms with E-state index in [-0.39, 0.29) is 23.5 Å². The number of hydrogen-bond donors (Lipinski definition) is 2. The van der Waals surface area contributed by atoms with Crippen molar-refractivity contribution in [1.29, 1.82) is 0 Å². The van der Waals surface area contributed by atoms with Gasteiger partial charge in [0.05, 0.1) is 0 Å². The number of rotatable bonds is 5. The van der Waals surface area contributed by atoms with Gasteiger partial charge in [0.15, 0.2) is 5.69 Å². The Morgan fingerprint density at radius 3 is 2.57 bits per heavy atom. The highest BCUT2D eigenvalue weighted by Crippen LogP contribution is 2.09. The predicted molar refractivity (Wildman–Crippen MR) is 78.4 cm³/mol. The number of nitrogens with zero attached hydrogens (tertiary/aromatic N) is 2. The molecule has 0 spiro atoms. The van der Waals surface area contributed by atoms with Gasteiger partial charge >= 0.3 is 0 Å². The normalized spacial score (nSPS) is 10.5. The summed E-state index contributed by atoms with van der Waals surface area (Å²) in [6, 6.07) is 9.77. The molecule has 0 radical (unpaired) electrons. The molecule has 1 amide bonds. The van der Waals surface area contributed by atoms with Crippen LogP contribution in [0.2, 0.25) is 0 Å². The fourth-order valence-electron chi connectivity index (χ4n) is 1.71. The SMILES string of the molecule is CC(C)NC(=O)c1ccc(NCc2ccccc2F)nn1. The van der Waals surface area contributed by atoms with E-state index in [0.717, 1.165) is 0 Å². The van der Waals surface area contributed by atoms with E-state index in [1.165, 1.54) is 6.07 Å². The van der Waals surface area contributed by atoms with Crippen molar-refractivity contribution in [2.45, 2.75) is 26.4 Å². The van der Waals surface area contributed by atoms with E-state index in [1.807, 2.05) is 13.8 Å². The summed E-state index contributed by atoms with van der Waals surface area (Å²) in [6.07, 6.45) is 0. The molecule has 0 aliphatic heterocycles. The summed E-state index contributed by atoms with van der Waals surface area (Å²) < 4.78 is 13.5. The molecule has 0 fully saturated rings. The molecular formula is C15H17FN4O. The van der Waals surface area contributed by atoms with Crippen molar-refractivity contribution in [2.75, 3.05) is 5.32 Å². The number of anilines is 1. The zero-order chi connectivity index (χ0) is 15.2. The van der Waals surface area contributed by atoms with Crippen molar-refractivity contribution >= 4 is 11.7 Å². The summed E-state index contributed by atoms with van der Waals surface area (Å²) in [7, 11) is 0. The minimum atomic E-state index is -0.272. The van der Waals surface area contributed by atoms with Crippen LogP contribution in [0.4, 0.5) is 10.2 Å². The largest absolute Gasteiger partial charge is 0.364 e. The molecule has 0 bridgehead atoms. The van der Waals surface area contributed by atoms with Crippen LogP contribution < -0.4 is 10.6 Å². The number of nitrogens with one attached hydrogen (secondary N) is 2. The number of amides is 1. The van der Waals surface area contributed by atoms with Crippen molar-refractivity contribution in [3.8, 4) is 0 Å². The van der Waals surface area contributed by atoms with Gasteiger partial charge in [-0.05, 0) is 32.0 Å². The summed E-state index contributed by atoms with van der Waals surface area (Å²) in [5.41, 5.74) is 0.793.